The number of nitrogens with one attached hydrogen (secondary N) is 1. The van der Waals surface area contributed by atoms with E-state index in [0.29, 0.717) is 26.5 Å². The summed E-state index contributed by atoms with van der Waals surface area (Å²) < 4.78 is 41.6. The van der Waals surface area contributed by atoms with Gasteiger partial charge in [0.25, 0.3) is 5.91 Å². The van der Waals surface area contributed by atoms with Crippen LogP contribution < -0.4 is 5.43 Å². The van der Waals surface area contributed by atoms with E-state index in [-0.39, 0.29) is 26.5 Å². The molecule has 1 amide bonds. The minimum Gasteiger partial charge on any atom is -0.281 e. The highest BCUT2D eigenvalue weighted by atomic mass is 79.9. The Hall–Kier alpha value is -1.32. The molecule has 0 aromatic heterocycles. The first-order valence-electron chi connectivity index (χ1n) is 9.66. The van der Waals surface area contributed by atoms with E-state index in [1.807, 2.05) is 0 Å². The normalized spacial score (nSPS) is 14.9. The van der Waals surface area contributed by atoms with Crippen molar-refractivity contribution in [2.75, 3.05) is 7.05 Å². The summed E-state index contributed by atoms with van der Waals surface area (Å²) in [6.07, 6.45) is -0.249. The first kappa shape index (κ1) is 26.3. The lowest BCUT2D eigenvalue weighted by Crippen LogP contribution is -2.43. The van der Waals surface area contributed by atoms with Crippen LogP contribution in [0.25, 0.3) is 6.08 Å². The Kier molecular flexibility index (Phi) is 8.38. The minimum absolute atomic E-state index is 0.00618. The summed E-state index contributed by atoms with van der Waals surface area (Å²) in [5.74, 6) is -2.03. The third kappa shape index (κ3) is 6.63. The summed E-state index contributed by atoms with van der Waals surface area (Å²) >= 11 is 26.3. The fraction of sp³-hybridized carbons (Fsp3) is 0.273. The largest absolute Gasteiger partial charge is 0.399 e. The molecule has 1 saturated carbocycles. The first-order chi connectivity index (χ1) is 15.4. The van der Waals surface area contributed by atoms with Crippen molar-refractivity contribution < 1.29 is 18.0 Å². The van der Waals surface area contributed by atoms with Gasteiger partial charge in [-0.25, -0.2) is 0 Å². The van der Waals surface area contributed by atoms with E-state index >= 15 is 0 Å². The van der Waals surface area contributed by atoms with Crippen LogP contribution in [0.4, 0.5) is 13.2 Å². The molecule has 2 aromatic rings. The molecule has 3 rings (SSSR count). The van der Waals surface area contributed by atoms with Crippen molar-refractivity contribution in [3.05, 3.63) is 72.6 Å². The fourth-order valence-corrected chi connectivity index (χ4v) is 4.53. The van der Waals surface area contributed by atoms with E-state index in [4.69, 9.17) is 47.0 Å². The zero-order valence-electron chi connectivity index (χ0n) is 17.0. The van der Waals surface area contributed by atoms with E-state index in [1.54, 1.807) is 19.2 Å². The molecule has 0 radical (unpaired) electrons. The number of hydrazine groups is 1. The molecular formula is C22H17BrCl3F3N2OS. The zero-order chi connectivity index (χ0) is 24.5. The molecule has 1 atom stereocenters. The number of allylic oxidation sites excluding steroid dienone is 1. The molecule has 1 fully saturated rings. The van der Waals surface area contributed by atoms with Gasteiger partial charge in [0.1, 0.15) is 0 Å². The number of alkyl halides is 3. The number of hydrogen-bond acceptors (Lipinski definition) is 2. The number of halogens is 7. The molecule has 0 bridgehead atoms. The summed E-state index contributed by atoms with van der Waals surface area (Å²) in [5.41, 5.74) is 3.35. The summed E-state index contributed by atoms with van der Waals surface area (Å²) in [6, 6.07) is 6.91. The van der Waals surface area contributed by atoms with Crippen molar-refractivity contribution in [3.8, 4) is 0 Å². The van der Waals surface area contributed by atoms with E-state index < -0.39 is 12.1 Å². The van der Waals surface area contributed by atoms with Crippen LogP contribution in [0.3, 0.4) is 0 Å². The van der Waals surface area contributed by atoms with Gasteiger partial charge in [-0.3, -0.25) is 15.2 Å². The smallest absolute Gasteiger partial charge is 0.281 e. The predicted molar refractivity (Wildman–Crippen MR) is 134 cm³/mol. The van der Waals surface area contributed by atoms with Crippen LogP contribution in [0.2, 0.25) is 15.1 Å². The summed E-state index contributed by atoms with van der Waals surface area (Å²) in [4.78, 5) is 13.2. The van der Waals surface area contributed by atoms with Crippen LogP contribution in [-0.2, 0) is 0 Å². The molecule has 0 aliphatic heterocycles. The number of thiocarbonyl (C=S) groups is 1. The average molecular weight is 601 g/mol. The molecule has 176 valence electrons. The Morgan fingerprint density at radius 2 is 1.82 bits per heavy atom. The van der Waals surface area contributed by atoms with Crippen molar-refractivity contribution >= 4 is 79.9 Å². The molecule has 1 N–H and O–H groups in total. The predicted octanol–water partition coefficient (Wildman–Crippen LogP) is 8.08. The van der Waals surface area contributed by atoms with Gasteiger partial charge >= 0.3 is 6.18 Å². The summed E-state index contributed by atoms with van der Waals surface area (Å²) in [5, 5.41) is 1.39. The second-order valence-electron chi connectivity index (χ2n) is 7.53. The summed E-state index contributed by atoms with van der Waals surface area (Å²) in [7, 11) is 1.68. The Bertz CT molecular complexity index is 1100. The zero-order valence-corrected chi connectivity index (χ0v) is 21.7. The SMILES string of the molecule is CN(NC(=O)c1ccc(C=CC(c2cc(Cl)c(Cl)c(Cl)c2)C(F)(F)F)cc1Br)C(=S)C1CC1. The van der Waals surface area contributed by atoms with Crippen LogP contribution in [0.1, 0.15) is 40.2 Å². The van der Waals surface area contributed by atoms with Gasteiger partial charge in [0.2, 0.25) is 0 Å². The maximum atomic E-state index is 13.7. The van der Waals surface area contributed by atoms with E-state index in [0.717, 1.165) is 31.1 Å². The van der Waals surface area contributed by atoms with E-state index in [1.165, 1.54) is 17.2 Å². The molecule has 1 aliphatic rings. The fourth-order valence-electron chi connectivity index (χ4n) is 3.06. The molecule has 3 nitrogen and oxygen atoms in total. The van der Waals surface area contributed by atoms with Crippen LogP contribution >= 0.6 is 63.0 Å². The second kappa shape index (κ2) is 10.5. The molecule has 1 unspecified atom stereocenters. The number of benzene rings is 2. The highest BCUT2D eigenvalue weighted by Gasteiger charge is 2.39. The molecule has 1 aliphatic carbocycles. The highest BCUT2D eigenvalue weighted by Crippen LogP contribution is 2.41. The molecule has 11 heteroatoms. The summed E-state index contributed by atoms with van der Waals surface area (Å²) in [6.45, 7) is 0. The second-order valence-corrected chi connectivity index (χ2v) is 9.99. The lowest BCUT2D eigenvalue weighted by Gasteiger charge is -2.21. The van der Waals surface area contributed by atoms with Crippen molar-refractivity contribution in [1.29, 1.82) is 0 Å². The van der Waals surface area contributed by atoms with Crippen LogP contribution in [0.5, 0.6) is 0 Å². The van der Waals surface area contributed by atoms with Gasteiger partial charge in [0.15, 0.2) is 0 Å². The average Bonchev–Trinajstić information content (AvgIpc) is 3.55. The molecular weight excluding hydrogens is 584 g/mol. The monoisotopic (exact) mass is 598 g/mol. The number of hydrogen-bond donors (Lipinski definition) is 1. The van der Waals surface area contributed by atoms with Gasteiger partial charge in [0, 0.05) is 17.4 Å². The Balaban J connectivity index is 1.80. The van der Waals surface area contributed by atoms with Crippen molar-refractivity contribution in [2.24, 2.45) is 5.92 Å². The Morgan fingerprint density at radius 3 is 2.33 bits per heavy atom. The van der Waals surface area contributed by atoms with Crippen LogP contribution in [0.15, 0.2) is 40.9 Å². The van der Waals surface area contributed by atoms with Crippen molar-refractivity contribution in [1.82, 2.24) is 10.4 Å². The van der Waals surface area contributed by atoms with Gasteiger partial charge in [-0.15, -0.1) is 0 Å². The number of carbonyl (C=O) groups excluding carboxylic acids is 1. The molecule has 33 heavy (non-hydrogen) atoms. The lowest BCUT2D eigenvalue weighted by molar-refractivity contribution is -0.139. The highest BCUT2D eigenvalue weighted by molar-refractivity contribution is 9.10. The number of amides is 1. The standard InChI is InChI=1S/C22H17BrCl3F3N2OS/c1-31(21(33)12-4-5-12)30-20(32)14-6-2-11(8-16(14)23)3-7-15(22(27,28)29)13-9-17(24)19(26)18(25)10-13/h2-3,6-10,12,15H,4-5H2,1H3,(H,30,32). The first-order valence-corrected chi connectivity index (χ1v) is 12.0. The maximum Gasteiger partial charge on any atom is 0.399 e. The van der Waals surface area contributed by atoms with Crippen LogP contribution in [0, 0.1) is 5.92 Å². The third-order valence-corrected chi connectivity index (χ3v) is 7.42. The van der Waals surface area contributed by atoms with Gasteiger partial charge in [-0.2, -0.15) is 13.2 Å². The van der Waals surface area contributed by atoms with Gasteiger partial charge in [-0.05, 0) is 64.2 Å². The Labute approximate surface area is 218 Å². The molecule has 0 heterocycles. The minimum atomic E-state index is -4.58. The number of nitrogens with zero attached hydrogens (tertiary/aromatic N) is 1. The number of carbonyl (C=O) groups is 1. The van der Waals surface area contributed by atoms with Gasteiger partial charge in [-0.1, -0.05) is 65.2 Å². The van der Waals surface area contributed by atoms with Gasteiger partial charge < -0.3 is 0 Å². The third-order valence-electron chi connectivity index (χ3n) is 4.96. The lowest BCUT2D eigenvalue weighted by atomic mass is 9.97. The van der Waals surface area contributed by atoms with Crippen molar-refractivity contribution in [2.45, 2.75) is 24.9 Å². The van der Waals surface area contributed by atoms with Crippen LogP contribution in [-0.4, -0.2) is 29.1 Å². The molecule has 0 spiro atoms. The van der Waals surface area contributed by atoms with Gasteiger partial charge in [0.05, 0.1) is 31.5 Å². The van der Waals surface area contributed by atoms with Crippen molar-refractivity contribution in [3.63, 3.8) is 0 Å². The maximum absolute atomic E-state index is 13.7. The Morgan fingerprint density at radius 1 is 1.21 bits per heavy atom. The quantitative estimate of drug-likeness (QED) is 0.214. The number of rotatable bonds is 5. The molecule has 0 saturated heterocycles. The molecule has 2 aromatic carbocycles. The topological polar surface area (TPSA) is 32.3 Å². The van der Waals surface area contributed by atoms with E-state index in [2.05, 4.69) is 21.4 Å². The van der Waals surface area contributed by atoms with E-state index in [9.17, 15) is 18.0 Å².